The molecule has 0 radical (unpaired) electrons. The van der Waals surface area contributed by atoms with Gasteiger partial charge in [0.15, 0.2) is 0 Å². The molecule has 1 rings (SSSR count). The molecule has 1 N–H and O–H groups in total. The van der Waals surface area contributed by atoms with Crippen LogP contribution in [0.25, 0.3) is 0 Å². The fraction of sp³-hybridized carbons (Fsp3) is 0.636. The summed E-state index contributed by atoms with van der Waals surface area (Å²) in [6.07, 6.45) is 2.36. The number of rotatable bonds is 5. The van der Waals surface area contributed by atoms with E-state index in [-0.39, 0.29) is 0 Å². The molecule has 0 spiro atoms. The summed E-state index contributed by atoms with van der Waals surface area (Å²) in [6, 6.07) is 5.10. The Morgan fingerprint density at radius 3 is 2.43 bits per heavy atom. The van der Waals surface area contributed by atoms with Crippen LogP contribution in [0.2, 0.25) is 4.34 Å². The molecule has 0 saturated carbocycles. The van der Waals surface area contributed by atoms with Crippen LogP contribution in [0.15, 0.2) is 12.1 Å². The van der Waals surface area contributed by atoms with E-state index < -0.39 is 0 Å². The molecule has 1 aromatic rings. The minimum Gasteiger partial charge on any atom is -0.307 e. The first-order valence-corrected chi connectivity index (χ1v) is 6.38. The van der Waals surface area contributed by atoms with Crippen molar-refractivity contribution < 1.29 is 0 Å². The van der Waals surface area contributed by atoms with Crippen LogP contribution >= 0.6 is 22.9 Å². The van der Waals surface area contributed by atoms with E-state index in [1.165, 1.54) is 17.7 Å². The first kappa shape index (κ1) is 12.0. The molecule has 80 valence electrons. The highest BCUT2D eigenvalue weighted by Gasteiger charge is 2.11. The largest absolute Gasteiger partial charge is 0.307 e. The Bertz CT molecular complexity index is 268. The van der Waals surface area contributed by atoms with Crippen molar-refractivity contribution in [1.29, 1.82) is 0 Å². The topological polar surface area (TPSA) is 12.0 Å². The Balaban J connectivity index is 2.53. The second-order valence-corrected chi connectivity index (χ2v) is 5.29. The van der Waals surface area contributed by atoms with Gasteiger partial charge in [0.1, 0.15) is 0 Å². The second kappa shape index (κ2) is 5.74. The average Bonchev–Trinajstić information content (AvgIpc) is 2.61. The van der Waals surface area contributed by atoms with E-state index in [0.29, 0.717) is 12.1 Å². The van der Waals surface area contributed by atoms with E-state index >= 15 is 0 Å². The van der Waals surface area contributed by atoms with E-state index in [4.69, 9.17) is 11.6 Å². The van der Waals surface area contributed by atoms with Crippen molar-refractivity contribution in [1.82, 2.24) is 5.32 Å². The summed E-state index contributed by atoms with van der Waals surface area (Å²) in [5, 5.41) is 3.60. The highest BCUT2D eigenvalue weighted by Crippen LogP contribution is 2.27. The van der Waals surface area contributed by atoms with Gasteiger partial charge in [-0.05, 0) is 31.9 Å². The van der Waals surface area contributed by atoms with Gasteiger partial charge >= 0.3 is 0 Å². The molecule has 0 fully saturated rings. The van der Waals surface area contributed by atoms with E-state index in [0.717, 1.165) is 4.34 Å². The number of halogens is 1. The molecule has 3 heteroatoms. The molecule has 14 heavy (non-hydrogen) atoms. The number of hydrogen-bond donors (Lipinski definition) is 1. The van der Waals surface area contributed by atoms with Gasteiger partial charge in [-0.15, -0.1) is 11.3 Å². The molecule has 0 aliphatic carbocycles. The molecular weight excluding hydrogens is 214 g/mol. The maximum atomic E-state index is 5.90. The third-order valence-corrected chi connectivity index (χ3v) is 3.91. The van der Waals surface area contributed by atoms with Gasteiger partial charge in [-0.2, -0.15) is 0 Å². The summed E-state index contributed by atoms with van der Waals surface area (Å²) in [4.78, 5) is 1.32. The van der Waals surface area contributed by atoms with Crippen molar-refractivity contribution in [2.45, 2.75) is 45.7 Å². The van der Waals surface area contributed by atoms with Gasteiger partial charge in [0.05, 0.1) is 4.34 Å². The molecule has 0 saturated heterocycles. The zero-order valence-corrected chi connectivity index (χ0v) is 10.6. The first-order chi connectivity index (χ1) is 6.67. The molecule has 0 aliphatic rings. The first-order valence-electron chi connectivity index (χ1n) is 5.18. The Hall–Kier alpha value is -0.0500. The Morgan fingerprint density at radius 1 is 1.36 bits per heavy atom. The molecule has 0 bridgehead atoms. The molecule has 1 aromatic heterocycles. The highest BCUT2D eigenvalue weighted by atomic mass is 35.5. The van der Waals surface area contributed by atoms with Crippen LogP contribution in [0.3, 0.4) is 0 Å². The molecule has 1 nitrogen and oxygen atoms in total. The van der Waals surface area contributed by atoms with Crippen LogP contribution in [0.5, 0.6) is 0 Å². The predicted octanol–water partition coefficient (Wildman–Crippen LogP) is 4.24. The van der Waals surface area contributed by atoms with Crippen molar-refractivity contribution in [2.75, 3.05) is 0 Å². The van der Waals surface area contributed by atoms with Gasteiger partial charge in [0, 0.05) is 17.0 Å². The van der Waals surface area contributed by atoms with Crippen LogP contribution in [0.4, 0.5) is 0 Å². The fourth-order valence-corrected chi connectivity index (χ4v) is 2.59. The van der Waals surface area contributed by atoms with Gasteiger partial charge in [-0.25, -0.2) is 0 Å². The Kier molecular flexibility index (Phi) is 4.93. The van der Waals surface area contributed by atoms with Crippen molar-refractivity contribution in [3.8, 4) is 0 Å². The Labute approximate surface area is 95.5 Å². The molecule has 1 heterocycles. The van der Waals surface area contributed by atoms with Crippen LogP contribution in [0.1, 0.15) is 44.5 Å². The summed E-state index contributed by atoms with van der Waals surface area (Å²) < 4.78 is 0.873. The Morgan fingerprint density at radius 2 is 2.00 bits per heavy atom. The standard InChI is InChI=1S/C11H18ClNS/c1-4-9(5-2)13-8(3)10-6-7-11(12)14-10/h6-9,13H,4-5H2,1-3H3/t8-/m0/s1. The zero-order chi connectivity index (χ0) is 10.6. The van der Waals surface area contributed by atoms with Crippen LogP contribution in [-0.2, 0) is 0 Å². The summed E-state index contributed by atoms with van der Waals surface area (Å²) in [7, 11) is 0. The number of thiophene rings is 1. The van der Waals surface area contributed by atoms with Gasteiger partial charge in [-0.1, -0.05) is 25.4 Å². The predicted molar refractivity (Wildman–Crippen MR) is 65.2 cm³/mol. The van der Waals surface area contributed by atoms with Gasteiger partial charge in [0.2, 0.25) is 0 Å². The van der Waals surface area contributed by atoms with Gasteiger partial charge < -0.3 is 5.32 Å². The number of hydrogen-bond acceptors (Lipinski definition) is 2. The lowest BCUT2D eigenvalue weighted by atomic mass is 10.1. The fourth-order valence-electron chi connectivity index (χ4n) is 1.52. The molecular formula is C11H18ClNS. The average molecular weight is 232 g/mol. The SMILES string of the molecule is CCC(CC)N[C@@H](C)c1ccc(Cl)s1. The van der Waals surface area contributed by atoms with Crippen molar-refractivity contribution in [3.63, 3.8) is 0 Å². The lowest BCUT2D eigenvalue weighted by Gasteiger charge is -2.19. The summed E-state index contributed by atoms with van der Waals surface area (Å²) in [5.74, 6) is 0. The van der Waals surface area contributed by atoms with E-state index in [1.54, 1.807) is 11.3 Å². The van der Waals surface area contributed by atoms with E-state index in [9.17, 15) is 0 Å². The quantitative estimate of drug-likeness (QED) is 0.799. The lowest BCUT2D eigenvalue weighted by Crippen LogP contribution is -2.29. The van der Waals surface area contributed by atoms with Gasteiger partial charge in [-0.3, -0.25) is 0 Å². The van der Waals surface area contributed by atoms with Crippen LogP contribution in [0, 0.1) is 0 Å². The third-order valence-electron chi connectivity index (χ3n) is 2.49. The van der Waals surface area contributed by atoms with Crippen LogP contribution < -0.4 is 5.32 Å². The maximum absolute atomic E-state index is 5.90. The third kappa shape index (κ3) is 3.26. The molecule has 0 aliphatic heterocycles. The molecule has 0 unspecified atom stereocenters. The minimum atomic E-state index is 0.414. The van der Waals surface area contributed by atoms with Gasteiger partial charge in [0.25, 0.3) is 0 Å². The van der Waals surface area contributed by atoms with Crippen molar-refractivity contribution in [2.24, 2.45) is 0 Å². The monoisotopic (exact) mass is 231 g/mol. The van der Waals surface area contributed by atoms with Crippen molar-refractivity contribution >= 4 is 22.9 Å². The molecule has 0 amide bonds. The smallest absolute Gasteiger partial charge is 0.0931 e. The maximum Gasteiger partial charge on any atom is 0.0931 e. The van der Waals surface area contributed by atoms with E-state index in [1.807, 2.05) is 6.07 Å². The second-order valence-electron chi connectivity index (χ2n) is 3.54. The normalized spacial score (nSPS) is 13.5. The minimum absolute atomic E-state index is 0.414. The summed E-state index contributed by atoms with van der Waals surface area (Å²) >= 11 is 7.56. The van der Waals surface area contributed by atoms with E-state index in [2.05, 4.69) is 32.2 Å². The summed E-state index contributed by atoms with van der Waals surface area (Å²) in [5.41, 5.74) is 0. The van der Waals surface area contributed by atoms with Crippen molar-refractivity contribution in [3.05, 3.63) is 21.3 Å². The zero-order valence-electron chi connectivity index (χ0n) is 9.01. The highest BCUT2D eigenvalue weighted by molar-refractivity contribution is 7.16. The molecule has 0 aromatic carbocycles. The molecule has 1 atom stereocenters. The number of nitrogens with one attached hydrogen (secondary N) is 1. The van der Waals surface area contributed by atoms with Crippen LogP contribution in [-0.4, -0.2) is 6.04 Å². The lowest BCUT2D eigenvalue weighted by molar-refractivity contribution is 0.436. The summed E-state index contributed by atoms with van der Waals surface area (Å²) in [6.45, 7) is 6.63.